The maximum absolute atomic E-state index is 4.24. The molecule has 0 aliphatic heterocycles. The van der Waals surface area contributed by atoms with Gasteiger partial charge in [-0.05, 0) is 20.0 Å². The molecule has 0 aliphatic rings. The van der Waals surface area contributed by atoms with E-state index >= 15 is 0 Å². The summed E-state index contributed by atoms with van der Waals surface area (Å²) in [6.45, 7) is 10.5. The van der Waals surface area contributed by atoms with Crippen molar-refractivity contribution in [3.63, 3.8) is 0 Å². The van der Waals surface area contributed by atoms with Gasteiger partial charge in [0.05, 0.1) is 0 Å². The molecule has 0 saturated heterocycles. The summed E-state index contributed by atoms with van der Waals surface area (Å²) in [4.78, 5) is 6.61. The molecule has 1 aromatic rings. The summed E-state index contributed by atoms with van der Waals surface area (Å²) in [7, 11) is 0. The Balaban J connectivity index is 2.21. The number of anilines is 1. The van der Waals surface area contributed by atoms with Crippen molar-refractivity contribution in [3.05, 3.63) is 5.82 Å². The third-order valence-electron chi connectivity index (χ3n) is 2.13. The van der Waals surface area contributed by atoms with Crippen molar-refractivity contribution in [1.82, 2.24) is 14.3 Å². The van der Waals surface area contributed by atoms with Gasteiger partial charge in [-0.15, -0.1) is 0 Å². The second-order valence-corrected chi connectivity index (χ2v) is 3.85. The molecule has 0 unspecified atom stereocenters. The topological polar surface area (TPSA) is 41.0 Å². The molecule has 0 aromatic carbocycles. The maximum atomic E-state index is 4.24. The third kappa shape index (κ3) is 3.59. The Morgan fingerprint density at radius 1 is 1.36 bits per heavy atom. The lowest BCUT2D eigenvalue weighted by Gasteiger charge is -2.17. The molecular weight excluding hydrogens is 196 g/mol. The molecule has 0 aliphatic carbocycles. The monoisotopic (exact) mass is 214 g/mol. The van der Waals surface area contributed by atoms with E-state index in [0.29, 0.717) is 0 Å². The Hall–Kier alpha value is -0.680. The number of likely N-dealkylation sites (N-methyl/N-ethyl adjacent to an activating group) is 1. The van der Waals surface area contributed by atoms with Crippen molar-refractivity contribution in [2.75, 3.05) is 31.5 Å². The number of rotatable bonds is 6. The standard InChI is InChI=1S/C9H18N4S/c1-4-13(5-2)7-6-10-9-11-8(3)12-14-9/h4-7H2,1-3H3,(H,10,11,12). The van der Waals surface area contributed by atoms with E-state index in [0.717, 1.165) is 37.1 Å². The Morgan fingerprint density at radius 2 is 2.07 bits per heavy atom. The predicted octanol–water partition coefficient (Wildman–Crippen LogP) is 1.60. The molecule has 0 bridgehead atoms. The Kier molecular flexibility index (Phi) is 4.82. The van der Waals surface area contributed by atoms with Crippen LogP contribution in [0.5, 0.6) is 0 Å². The SMILES string of the molecule is CCN(CC)CCNc1nc(C)ns1. The first-order chi connectivity index (χ1) is 6.76. The van der Waals surface area contributed by atoms with E-state index in [1.165, 1.54) is 11.5 Å². The van der Waals surface area contributed by atoms with Crippen LogP contribution >= 0.6 is 11.5 Å². The van der Waals surface area contributed by atoms with Crippen LogP contribution in [0.3, 0.4) is 0 Å². The number of aryl methyl sites for hydroxylation is 1. The molecule has 0 atom stereocenters. The number of nitrogens with zero attached hydrogens (tertiary/aromatic N) is 3. The first-order valence-corrected chi connectivity index (χ1v) is 5.80. The van der Waals surface area contributed by atoms with Gasteiger partial charge < -0.3 is 10.2 Å². The van der Waals surface area contributed by atoms with Crippen LogP contribution in [-0.4, -0.2) is 40.4 Å². The number of aromatic nitrogens is 2. The fourth-order valence-electron chi connectivity index (χ4n) is 1.23. The second kappa shape index (κ2) is 5.93. The number of nitrogens with one attached hydrogen (secondary N) is 1. The number of hydrogen-bond acceptors (Lipinski definition) is 5. The van der Waals surface area contributed by atoms with Crippen LogP contribution < -0.4 is 5.32 Å². The van der Waals surface area contributed by atoms with E-state index in [4.69, 9.17) is 0 Å². The molecular formula is C9H18N4S. The molecule has 5 heteroatoms. The fourth-order valence-corrected chi connectivity index (χ4v) is 1.83. The lowest BCUT2D eigenvalue weighted by Crippen LogP contribution is -2.28. The smallest absolute Gasteiger partial charge is 0.202 e. The number of hydrogen-bond donors (Lipinski definition) is 1. The predicted molar refractivity (Wildman–Crippen MR) is 60.9 cm³/mol. The molecule has 80 valence electrons. The van der Waals surface area contributed by atoms with Crippen LogP contribution in [0.25, 0.3) is 0 Å². The van der Waals surface area contributed by atoms with Crippen molar-refractivity contribution in [3.8, 4) is 0 Å². The Bertz CT molecular complexity index is 257. The molecule has 0 amide bonds. The zero-order valence-electron chi connectivity index (χ0n) is 9.08. The Morgan fingerprint density at radius 3 is 2.57 bits per heavy atom. The first kappa shape index (κ1) is 11.4. The van der Waals surface area contributed by atoms with Crippen LogP contribution in [0.1, 0.15) is 19.7 Å². The minimum Gasteiger partial charge on any atom is -0.359 e. The second-order valence-electron chi connectivity index (χ2n) is 3.10. The highest BCUT2D eigenvalue weighted by molar-refractivity contribution is 7.09. The van der Waals surface area contributed by atoms with Crippen molar-refractivity contribution < 1.29 is 0 Å². The van der Waals surface area contributed by atoms with E-state index in [9.17, 15) is 0 Å². The van der Waals surface area contributed by atoms with Crippen molar-refractivity contribution in [2.24, 2.45) is 0 Å². The van der Waals surface area contributed by atoms with Crippen molar-refractivity contribution in [2.45, 2.75) is 20.8 Å². The van der Waals surface area contributed by atoms with Crippen LogP contribution in [0.15, 0.2) is 0 Å². The van der Waals surface area contributed by atoms with Crippen molar-refractivity contribution >= 4 is 16.7 Å². The highest BCUT2D eigenvalue weighted by Gasteiger charge is 2.00. The first-order valence-electron chi connectivity index (χ1n) is 5.02. The molecule has 1 rings (SSSR count). The molecule has 14 heavy (non-hydrogen) atoms. The van der Waals surface area contributed by atoms with E-state index in [-0.39, 0.29) is 0 Å². The molecule has 0 fully saturated rings. The molecule has 4 nitrogen and oxygen atoms in total. The summed E-state index contributed by atoms with van der Waals surface area (Å²) in [5.74, 6) is 0.848. The zero-order valence-corrected chi connectivity index (χ0v) is 9.89. The maximum Gasteiger partial charge on any atom is 0.202 e. The van der Waals surface area contributed by atoms with Crippen molar-refractivity contribution in [1.29, 1.82) is 0 Å². The summed E-state index contributed by atoms with van der Waals surface area (Å²) in [5.41, 5.74) is 0. The van der Waals surface area contributed by atoms with Crippen LogP contribution in [0.4, 0.5) is 5.13 Å². The van der Waals surface area contributed by atoms with E-state index < -0.39 is 0 Å². The van der Waals surface area contributed by atoms with Gasteiger partial charge in [-0.3, -0.25) is 0 Å². The van der Waals surface area contributed by atoms with E-state index in [1.54, 1.807) is 0 Å². The van der Waals surface area contributed by atoms with E-state index in [1.807, 2.05) is 6.92 Å². The molecule has 0 radical (unpaired) electrons. The van der Waals surface area contributed by atoms with Crippen LogP contribution in [-0.2, 0) is 0 Å². The molecule has 1 aromatic heterocycles. The molecule has 1 N–H and O–H groups in total. The van der Waals surface area contributed by atoms with Crippen LogP contribution in [0.2, 0.25) is 0 Å². The summed E-state index contributed by atoms with van der Waals surface area (Å²) in [6, 6.07) is 0. The van der Waals surface area contributed by atoms with Gasteiger partial charge in [0.25, 0.3) is 0 Å². The molecule has 1 heterocycles. The lowest BCUT2D eigenvalue weighted by atomic mass is 10.5. The fraction of sp³-hybridized carbons (Fsp3) is 0.778. The highest BCUT2D eigenvalue weighted by Crippen LogP contribution is 2.08. The van der Waals surface area contributed by atoms with E-state index in [2.05, 4.69) is 33.4 Å². The van der Waals surface area contributed by atoms with Gasteiger partial charge in [-0.1, -0.05) is 13.8 Å². The lowest BCUT2D eigenvalue weighted by molar-refractivity contribution is 0.316. The van der Waals surface area contributed by atoms with Gasteiger partial charge in [0.2, 0.25) is 5.13 Å². The Labute approximate surface area is 89.5 Å². The average Bonchev–Trinajstić information content (AvgIpc) is 2.59. The molecule has 0 saturated carbocycles. The normalized spacial score (nSPS) is 10.9. The van der Waals surface area contributed by atoms with Crippen LogP contribution in [0, 0.1) is 6.92 Å². The zero-order chi connectivity index (χ0) is 10.4. The van der Waals surface area contributed by atoms with Gasteiger partial charge in [-0.2, -0.15) is 4.37 Å². The largest absolute Gasteiger partial charge is 0.359 e. The van der Waals surface area contributed by atoms with Gasteiger partial charge in [-0.25, -0.2) is 4.98 Å². The minimum atomic E-state index is 0.848. The third-order valence-corrected chi connectivity index (χ3v) is 2.89. The average molecular weight is 214 g/mol. The molecule has 0 spiro atoms. The summed E-state index contributed by atoms with van der Waals surface area (Å²) < 4.78 is 4.11. The quantitative estimate of drug-likeness (QED) is 0.781. The highest BCUT2D eigenvalue weighted by atomic mass is 32.1. The summed E-state index contributed by atoms with van der Waals surface area (Å²) >= 11 is 1.43. The summed E-state index contributed by atoms with van der Waals surface area (Å²) in [5, 5.41) is 4.19. The van der Waals surface area contributed by atoms with Gasteiger partial charge in [0, 0.05) is 24.6 Å². The van der Waals surface area contributed by atoms with Gasteiger partial charge in [0.15, 0.2) is 0 Å². The minimum absolute atomic E-state index is 0.848. The summed E-state index contributed by atoms with van der Waals surface area (Å²) in [6.07, 6.45) is 0. The van der Waals surface area contributed by atoms with Gasteiger partial charge in [0.1, 0.15) is 5.82 Å². The van der Waals surface area contributed by atoms with Gasteiger partial charge >= 0.3 is 0 Å².